The van der Waals surface area contributed by atoms with Crippen LogP contribution >= 0.6 is 0 Å². The monoisotopic (exact) mass is 270 g/mol. The molecule has 1 aliphatic carbocycles. The van der Waals surface area contributed by atoms with Crippen molar-refractivity contribution >= 4 is 10.9 Å². The summed E-state index contributed by atoms with van der Waals surface area (Å²) in [5.74, 6) is 0. The first-order chi connectivity index (χ1) is 9.66. The number of nitrogens with zero attached hydrogens (tertiary/aromatic N) is 1. The van der Waals surface area contributed by atoms with E-state index in [1.165, 1.54) is 47.7 Å². The Labute approximate surface area is 122 Å². The van der Waals surface area contributed by atoms with Gasteiger partial charge in [-0.05, 0) is 50.8 Å². The van der Waals surface area contributed by atoms with E-state index >= 15 is 0 Å². The molecule has 0 spiro atoms. The predicted octanol–water partition coefficient (Wildman–Crippen LogP) is 4.56. The molecule has 0 aliphatic heterocycles. The third-order valence-corrected chi connectivity index (χ3v) is 4.64. The van der Waals surface area contributed by atoms with Gasteiger partial charge in [-0.1, -0.05) is 25.0 Å². The highest BCUT2D eigenvalue weighted by molar-refractivity contribution is 5.87. The first-order valence-electron chi connectivity index (χ1n) is 7.99. The lowest BCUT2D eigenvalue weighted by atomic mass is 10.1. The Morgan fingerprint density at radius 2 is 2.00 bits per heavy atom. The van der Waals surface area contributed by atoms with Gasteiger partial charge >= 0.3 is 0 Å². The van der Waals surface area contributed by atoms with E-state index in [2.05, 4.69) is 55.1 Å². The van der Waals surface area contributed by atoms with Gasteiger partial charge in [0, 0.05) is 35.7 Å². The van der Waals surface area contributed by atoms with Crippen LogP contribution in [-0.4, -0.2) is 10.6 Å². The number of hydrogen-bond donors (Lipinski definition) is 1. The summed E-state index contributed by atoms with van der Waals surface area (Å²) in [6.07, 6.45) is 7.84. The lowest BCUT2D eigenvalue weighted by Crippen LogP contribution is -2.25. The van der Waals surface area contributed by atoms with Crippen LogP contribution in [-0.2, 0) is 6.54 Å². The van der Waals surface area contributed by atoms with Crippen LogP contribution in [0, 0.1) is 6.92 Å². The Morgan fingerprint density at radius 3 is 2.70 bits per heavy atom. The highest BCUT2D eigenvalue weighted by Crippen LogP contribution is 2.28. The normalized spacial score (nSPS) is 16.6. The largest absolute Gasteiger partial charge is 0.345 e. The van der Waals surface area contributed by atoms with Gasteiger partial charge in [0.2, 0.25) is 0 Å². The van der Waals surface area contributed by atoms with E-state index in [0.717, 1.165) is 12.6 Å². The zero-order chi connectivity index (χ0) is 14.1. The molecule has 1 heterocycles. The number of fused-ring (bicyclic) bond motifs is 1. The Morgan fingerprint density at radius 1 is 1.25 bits per heavy atom. The van der Waals surface area contributed by atoms with Crippen LogP contribution in [0.2, 0.25) is 0 Å². The third kappa shape index (κ3) is 2.49. The van der Waals surface area contributed by atoms with Gasteiger partial charge in [-0.25, -0.2) is 0 Å². The predicted molar refractivity (Wildman–Crippen MR) is 86.2 cm³/mol. The van der Waals surface area contributed by atoms with Crippen molar-refractivity contribution in [1.29, 1.82) is 0 Å². The van der Waals surface area contributed by atoms with E-state index in [4.69, 9.17) is 0 Å². The van der Waals surface area contributed by atoms with E-state index < -0.39 is 0 Å². The van der Waals surface area contributed by atoms with Gasteiger partial charge in [-0.2, -0.15) is 0 Å². The van der Waals surface area contributed by atoms with Crippen molar-refractivity contribution in [1.82, 2.24) is 9.88 Å². The highest BCUT2D eigenvalue weighted by Gasteiger charge is 2.16. The minimum absolute atomic E-state index is 0.513. The maximum atomic E-state index is 3.76. The van der Waals surface area contributed by atoms with Crippen molar-refractivity contribution in [3.63, 3.8) is 0 Å². The van der Waals surface area contributed by atoms with E-state index in [9.17, 15) is 0 Å². The molecule has 0 saturated heterocycles. The van der Waals surface area contributed by atoms with Crippen molar-refractivity contribution in [3.05, 3.63) is 35.5 Å². The number of hydrogen-bond acceptors (Lipinski definition) is 1. The zero-order valence-electron chi connectivity index (χ0n) is 12.9. The number of aryl methyl sites for hydroxylation is 1. The van der Waals surface area contributed by atoms with Crippen LogP contribution in [0.15, 0.2) is 24.4 Å². The van der Waals surface area contributed by atoms with Gasteiger partial charge in [0.1, 0.15) is 0 Å². The third-order valence-electron chi connectivity index (χ3n) is 4.64. The number of nitrogens with one attached hydrogen (secondary N) is 1. The fourth-order valence-electron chi connectivity index (χ4n) is 3.53. The molecule has 20 heavy (non-hydrogen) atoms. The van der Waals surface area contributed by atoms with Crippen molar-refractivity contribution in [3.8, 4) is 0 Å². The van der Waals surface area contributed by atoms with Gasteiger partial charge in [-0.3, -0.25) is 0 Å². The summed E-state index contributed by atoms with van der Waals surface area (Å²) >= 11 is 0. The minimum atomic E-state index is 0.513. The quantitative estimate of drug-likeness (QED) is 0.861. The Balaban J connectivity index is 1.92. The van der Waals surface area contributed by atoms with Crippen LogP contribution in [0.5, 0.6) is 0 Å². The molecule has 0 amide bonds. The van der Waals surface area contributed by atoms with E-state index in [-0.39, 0.29) is 0 Å². The molecule has 1 fully saturated rings. The lowest BCUT2D eigenvalue weighted by molar-refractivity contribution is 0.523. The molecule has 2 aromatic rings. The summed E-state index contributed by atoms with van der Waals surface area (Å²) in [7, 11) is 0. The second-order valence-corrected chi connectivity index (χ2v) is 6.49. The SMILES string of the molecule is Cc1cccc2c1c(CNC1CCCC1)cn2C(C)C. The molecule has 1 aromatic carbocycles. The minimum Gasteiger partial charge on any atom is -0.345 e. The Kier molecular flexibility index (Phi) is 3.84. The molecule has 0 bridgehead atoms. The van der Waals surface area contributed by atoms with Crippen LogP contribution in [0.25, 0.3) is 10.9 Å². The summed E-state index contributed by atoms with van der Waals surface area (Å²) < 4.78 is 2.41. The molecule has 1 N–H and O–H groups in total. The molecule has 1 aromatic heterocycles. The summed E-state index contributed by atoms with van der Waals surface area (Å²) in [6, 6.07) is 7.90. The highest BCUT2D eigenvalue weighted by atomic mass is 15.0. The Hall–Kier alpha value is -1.28. The van der Waals surface area contributed by atoms with Gasteiger partial charge < -0.3 is 9.88 Å². The van der Waals surface area contributed by atoms with Crippen LogP contribution in [0.4, 0.5) is 0 Å². The first kappa shape index (κ1) is 13.7. The fourth-order valence-corrected chi connectivity index (χ4v) is 3.53. The van der Waals surface area contributed by atoms with Crippen LogP contribution in [0.1, 0.15) is 56.7 Å². The molecule has 0 radical (unpaired) electrons. The molecule has 1 saturated carbocycles. The van der Waals surface area contributed by atoms with Crippen molar-refractivity contribution in [2.45, 2.75) is 65.1 Å². The molecule has 2 nitrogen and oxygen atoms in total. The second-order valence-electron chi connectivity index (χ2n) is 6.49. The molecule has 108 valence electrons. The molecule has 3 rings (SSSR count). The molecule has 1 aliphatic rings. The zero-order valence-corrected chi connectivity index (χ0v) is 12.9. The lowest BCUT2D eigenvalue weighted by Gasteiger charge is -2.11. The average molecular weight is 270 g/mol. The van der Waals surface area contributed by atoms with Gasteiger partial charge in [0.25, 0.3) is 0 Å². The standard InChI is InChI=1S/C18H26N2/c1-13(2)20-12-15(11-19-16-8-4-5-9-16)18-14(3)7-6-10-17(18)20/h6-7,10,12-13,16,19H,4-5,8-9,11H2,1-3H3. The first-order valence-corrected chi connectivity index (χ1v) is 7.99. The number of benzene rings is 1. The maximum absolute atomic E-state index is 3.76. The summed E-state index contributed by atoms with van der Waals surface area (Å²) in [5, 5.41) is 5.21. The summed E-state index contributed by atoms with van der Waals surface area (Å²) in [4.78, 5) is 0. The van der Waals surface area contributed by atoms with Crippen molar-refractivity contribution in [2.75, 3.05) is 0 Å². The van der Waals surface area contributed by atoms with Crippen molar-refractivity contribution in [2.24, 2.45) is 0 Å². The van der Waals surface area contributed by atoms with E-state index in [1.54, 1.807) is 0 Å². The molecule has 0 atom stereocenters. The van der Waals surface area contributed by atoms with Gasteiger partial charge in [0.05, 0.1) is 0 Å². The second kappa shape index (κ2) is 5.61. The van der Waals surface area contributed by atoms with Gasteiger partial charge in [0.15, 0.2) is 0 Å². The Bertz CT molecular complexity index is 589. The molecular weight excluding hydrogens is 244 g/mol. The van der Waals surface area contributed by atoms with Crippen LogP contribution in [0.3, 0.4) is 0 Å². The molecule has 2 heteroatoms. The van der Waals surface area contributed by atoms with Gasteiger partial charge in [-0.15, -0.1) is 0 Å². The fraction of sp³-hybridized carbons (Fsp3) is 0.556. The summed E-state index contributed by atoms with van der Waals surface area (Å²) in [5.41, 5.74) is 4.23. The van der Waals surface area contributed by atoms with E-state index in [1.807, 2.05) is 0 Å². The maximum Gasteiger partial charge on any atom is 0.0488 e. The number of aromatic nitrogens is 1. The van der Waals surface area contributed by atoms with Crippen LogP contribution < -0.4 is 5.32 Å². The molecule has 0 unspecified atom stereocenters. The average Bonchev–Trinajstić information content (AvgIpc) is 3.04. The van der Waals surface area contributed by atoms with E-state index in [0.29, 0.717) is 6.04 Å². The van der Waals surface area contributed by atoms with Crippen molar-refractivity contribution < 1.29 is 0 Å². The summed E-state index contributed by atoms with van der Waals surface area (Å²) in [6.45, 7) is 7.75. The smallest absolute Gasteiger partial charge is 0.0488 e. The topological polar surface area (TPSA) is 17.0 Å². The molecular formula is C18H26N2. The number of rotatable bonds is 4.